The maximum absolute atomic E-state index is 13.5. The van der Waals surface area contributed by atoms with E-state index in [0.29, 0.717) is 18.7 Å². The number of aromatic amines is 1. The van der Waals surface area contributed by atoms with Crippen LogP contribution in [-0.4, -0.2) is 52.7 Å². The van der Waals surface area contributed by atoms with Crippen molar-refractivity contribution in [2.75, 3.05) is 27.3 Å². The Morgan fingerprint density at radius 3 is 2.63 bits per heavy atom. The van der Waals surface area contributed by atoms with E-state index in [1.165, 1.54) is 16.3 Å². The molecule has 194 valence electrons. The zero-order valence-corrected chi connectivity index (χ0v) is 22.0. The Kier molecular flexibility index (Phi) is 8.00. The Balaban J connectivity index is 1.55. The van der Waals surface area contributed by atoms with Crippen LogP contribution in [0.3, 0.4) is 0 Å². The number of rotatable bonds is 11. The lowest BCUT2D eigenvalue weighted by atomic mass is 9.85. The number of H-pyrrole nitrogens is 1. The van der Waals surface area contributed by atoms with Crippen molar-refractivity contribution >= 4 is 16.7 Å². The predicted molar refractivity (Wildman–Crippen MR) is 152 cm³/mol. The number of hydrogen-bond acceptors (Lipinski definition) is 3. The fraction of sp³-hybridized carbons (Fsp3) is 0.250. The summed E-state index contributed by atoms with van der Waals surface area (Å²) in [5, 5.41) is 2.34. The molecule has 1 N–H and O–H groups in total. The number of hydrogen-bond donors (Lipinski definition) is 1. The van der Waals surface area contributed by atoms with Crippen LogP contribution < -0.4 is 0 Å². The van der Waals surface area contributed by atoms with Gasteiger partial charge in [-0.2, -0.15) is 0 Å². The van der Waals surface area contributed by atoms with E-state index in [1.54, 1.807) is 12.0 Å². The molecule has 6 heteroatoms. The average molecular weight is 507 g/mol. The van der Waals surface area contributed by atoms with Crippen LogP contribution in [0.4, 0.5) is 0 Å². The second kappa shape index (κ2) is 11.9. The lowest BCUT2D eigenvalue weighted by molar-refractivity contribution is 0.0743. The van der Waals surface area contributed by atoms with Crippen molar-refractivity contribution in [3.05, 3.63) is 126 Å². The number of imidazole rings is 1. The van der Waals surface area contributed by atoms with Gasteiger partial charge in [0.1, 0.15) is 0 Å². The van der Waals surface area contributed by atoms with Gasteiger partial charge in [-0.15, -0.1) is 0 Å². The summed E-state index contributed by atoms with van der Waals surface area (Å²) in [7, 11) is 3.47. The number of ether oxygens (including phenoxy) is 1. The summed E-state index contributed by atoms with van der Waals surface area (Å²) in [6, 6.07) is 25.4. The molecule has 6 nitrogen and oxygen atoms in total. The molecule has 1 unspecified atom stereocenters. The first-order valence-electron chi connectivity index (χ1n) is 13.1. The van der Waals surface area contributed by atoms with E-state index in [1.807, 2.05) is 32.0 Å². The number of aromatic nitrogens is 3. The minimum atomic E-state index is -0.165. The van der Waals surface area contributed by atoms with E-state index in [9.17, 15) is 4.79 Å². The SMILES string of the molecule is COCCN(C)C(=O)c1c[nH]cc1C(c1cccc2ccccc12)c1cncn1CCCc1ccccc1. The summed E-state index contributed by atoms with van der Waals surface area (Å²) in [4.78, 5) is 23.1. The lowest BCUT2D eigenvalue weighted by Crippen LogP contribution is -2.30. The Morgan fingerprint density at radius 1 is 1.00 bits per heavy atom. The van der Waals surface area contributed by atoms with Crippen molar-refractivity contribution in [3.63, 3.8) is 0 Å². The number of amides is 1. The highest BCUT2D eigenvalue weighted by Gasteiger charge is 2.28. The molecule has 0 aliphatic heterocycles. The predicted octanol–water partition coefficient (Wildman–Crippen LogP) is 5.90. The summed E-state index contributed by atoms with van der Waals surface area (Å²) >= 11 is 0. The van der Waals surface area contributed by atoms with Crippen LogP contribution in [0.5, 0.6) is 0 Å². The molecule has 1 amide bonds. The van der Waals surface area contributed by atoms with E-state index in [4.69, 9.17) is 4.74 Å². The summed E-state index contributed by atoms with van der Waals surface area (Å²) in [6.07, 6.45) is 9.63. The van der Waals surface area contributed by atoms with Gasteiger partial charge in [0.2, 0.25) is 0 Å². The van der Waals surface area contributed by atoms with Gasteiger partial charge in [0, 0.05) is 51.5 Å². The minimum Gasteiger partial charge on any atom is -0.383 e. The maximum atomic E-state index is 13.5. The number of aryl methyl sites for hydroxylation is 2. The van der Waals surface area contributed by atoms with Crippen LogP contribution >= 0.6 is 0 Å². The second-order valence-electron chi connectivity index (χ2n) is 9.65. The number of fused-ring (bicyclic) bond motifs is 1. The number of benzene rings is 3. The van der Waals surface area contributed by atoms with Gasteiger partial charge in [-0.3, -0.25) is 4.79 Å². The summed E-state index contributed by atoms with van der Waals surface area (Å²) in [6.45, 7) is 1.85. The van der Waals surface area contributed by atoms with Crippen molar-refractivity contribution < 1.29 is 9.53 Å². The van der Waals surface area contributed by atoms with Crippen molar-refractivity contribution in [1.29, 1.82) is 0 Å². The number of likely N-dealkylation sites (N-methyl/N-ethyl adjacent to an activating group) is 1. The van der Waals surface area contributed by atoms with Crippen LogP contribution in [-0.2, 0) is 17.7 Å². The van der Waals surface area contributed by atoms with E-state index < -0.39 is 0 Å². The third-order valence-corrected chi connectivity index (χ3v) is 7.18. The van der Waals surface area contributed by atoms with Gasteiger partial charge in [0.05, 0.1) is 24.4 Å². The molecule has 0 saturated heterocycles. The van der Waals surface area contributed by atoms with Gasteiger partial charge in [0.25, 0.3) is 5.91 Å². The molecule has 5 aromatic rings. The highest BCUT2D eigenvalue weighted by Crippen LogP contribution is 2.38. The van der Waals surface area contributed by atoms with Gasteiger partial charge in [-0.25, -0.2) is 4.98 Å². The highest BCUT2D eigenvalue weighted by molar-refractivity contribution is 5.96. The lowest BCUT2D eigenvalue weighted by Gasteiger charge is -2.23. The molecule has 0 aliphatic carbocycles. The third-order valence-electron chi connectivity index (χ3n) is 7.18. The topological polar surface area (TPSA) is 63.1 Å². The van der Waals surface area contributed by atoms with Crippen LogP contribution in [0, 0.1) is 0 Å². The zero-order chi connectivity index (χ0) is 26.3. The van der Waals surface area contributed by atoms with E-state index in [-0.39, 0.29) is 11.8 Å². The first kappa shape index (κ1) is 25.5. The Hall–Kier alpha value is -4.16. The number of carbonyl (C=O) groups excluding carboxylic acids is 1. The highest BCUT2D eigenvalue weighted by atomic mass is 16.5. The maximum Gasteiger partial charge on any atom is 0.255 e. The molecule has 0 radical (unpaired) electrons. The molecule has 5 rings (SSSR count). The van der Waals surface area contributed by atoms with Gasteiger partial charge in [-0.05, 0) is 40.3 Å². The molecular formula is C32H34N4O2. The summed E-state index contributed by atoms with van der Waals surface area (Å²) < 4.78 is 7.45. The van der Waals surface area contributed by atoms with Crippen LogP contribution in [0.15, 0.2) is 97.7 Å². The molecule has 0 aliphatic rings. The minimum absolute atomic E-state index is 0.0290. The number of carbonyl (C=O) groups is 1. The Morgan fingerprint density at radius 2 is 1.79 bits per heavy atom. The zero-order valence-electron chi connectivity index (χ0n) is 22.0. The van der Waals surface area contributed by atoms with Crippen molar-refractivity contribution in [1.82, 2.24) is 19.4 Å². The molecule has 0 saturated carbocycles. The molecular weight excluding hydrogens is 472 g/mol. The van der Waals surface area contributed by atoms with Crippen LogP contribution in [0.25, 0.3) is 10.8 Å². The molecule has 3 aromatic carbocycles. The first-order valence-corrected chi connectivity index (χ1v) is 13.1. The summed E-state index contributed by atoms with van der Waals surface area (Å²) in [5.74, 6) is -0.194. The smallest absolute Gasteiger partial charge is 0.255 e. The normalized spacial score (nSPS) is 12.1. The standard InChI is InChI=1S/C32H34N4O2/c1-35(18-19-38-2)32(37)29-21-33-20-28(29)31(27-16-8-14-25-13-6-7-15-26(25)27)30-22-34-23-36(30)17-9-12-24-10-4-3-5-11-24/h3-8,10-11,13-16,20-23,31,33H,9,12,17-19H2,1-2H3. The molecule has 38 heavy (non-hydrogen) atoms. The van der Waals surface area contributed by atoms with Gasteiger partial charge in [0.15, 0.2) is 0 Å². The molecule has 2 aromatic heterocycles. The van der Waals surface area contributed by atoms with E-state index >= 15 is 0 Å². The van der Waals surface area contributed by atoms with E-state index in [2.05, 4.69) is 87.3 Å². The Labute approximate surface area is 223 Å². The number of methoxy groups -OCH3 is 1. The largest absolute Gasteiger partial charge is 0.383 e. The molecule has 1 atom stereocenters. The molecule has 0 fully saturated rings. The molecule has 2 heterocycles. The number of nitrogens with one attached hydrogen (secondary N) is 1. The monoisotopic (exact) mass is 506 g/mol. The van der Waals surface area contributed by atoms with Crippen molar-refractivity contribution in [3.8, 4) is 0 Å². The first-order chi connectivity index (χ1) is 18.7. The van der Waals surface area contributed by atoms with Crippen LogP contribution in [0.2, 0.25) is 0 Å². The van der Waals surface area contributed by atoms with Gasteiger partial charge < -0.3 is 19.2 Å². The average Bonchev–Trinajstić information content (AvgIpc) is 3.63. The fourth-order valence-corrected chi connectivity index (χ4v) is 5.18. The quantitative estimate of drug-likeness (QED) is 0.243. The van der Waals surface area contributed by atoms with Crippen LogP contribution in [0.1, 0.15) is 45.1 Å². The summed E-state index contributed by atoms with van der Waals surface area (Å²) in [5.41, 5.74) is 5.17. The fourth-order valence-electron chi connectivity index (χ4n) is 5.18. The second-order valence-corrected chi connectivity index (χ2v) is 9.65. The Bertz CT molecular complexity index is 1480. The molecule has 0 spiro atoms. The van der Waals surface area contributed by atoms with Crippen molar-refractivity contribution in [2.45, 2.75) is 25.3 Å². The molecule has 0 bridgehead atoms. The van der Waals surface area contributed by atoms with Crippen molar-refractivity contribution in [2.24, 2.45) is 0 Å². The van der Waals surface area contributed by atoms with Gasteiger partial charge >= 0.3 is 0 Å². The van der Waals surface area contributed by atoms with Gasteiger partial charge in [-0.1, -0.05) is 72.8 Å². The third kappa shape index (κ3) is 5.41. The van der Waals surface area contributed by atoms with E-state index in [0.717, 1.165) is 36.2 Å². The number of nitrogens with zero attached hydrogens (tertiary/aromatic N) is 3.